The molecule has 2 aliphatic heterocycles. The van der Waals surface area contributed by atoms with Crippen LogP contribution in [0.5, 0.6) is 0 Å². The van der Waals surface area contributed by atoms with Crippen molar-refractivity contribution in [2.24, 2.45) is 0 Å². The standard InChI is InChI=1S/C7H11BNO3/c10-3-5-1-6-7(12-6)2-9(5)8-4-11/h4-7,10H,1-3H2/t5-,6-,7+/m0/s1. The number of aliphatic hydroxyl groups is 1. The lowest BCUT2D eigenvalue weighted by Crippen LogP contribution is -2.47. The normalized spacial score (nSPS) is 40.2. The number of nitrogens with zero attached hydrogens (tertiary/aromatic N) is 1. The quantitative estimate of drug-likeness (QED) is 0.321. The van der Waals surface area contributed by atoms with Gasteiger partial charge in [0, 0.05) is 12.6 Å². The summed E-state index contributed by atoms with van der Waals surface area (Å²) in [4.78, 5) is 12.1. The topological polar surface area (TPSA) is 53.1 Å². The number of piperidine rings is 1. The second kappa shape index (κ2) is 3.16. The van der Waals surface area contributed by atoms with Gasteiger partial charge in [0.05, 0.1) is 25.0 Å². The third-order valence-corrected chi connectivity index (χ3v) is 2.51. The number of carbonyl (C=O) groups is 1. The molecule has 1 radical (unpaired) electrons. The van der Waals surface area contributed by atoms with Gasteiger partial charge in [-0.05, 0) is 6.42 Å². The van der Waals surface area contributed by atoms with Crippen LogP contribution in [0.1, 0.15) is 6.42 Å². The minimum atomic E-state index is 0.0685. The molecule has 0 spiro atoms. The van der Waals surface area contributed by atoms with E-state index >= 15 is 0 Å². The summed E-state index contributed by atoms with van der Waals surface area (Å²) in [5, 5.41) is 8.99. The Labute approximate surface area is 71.8 Å². The smallest absolute Gasteiger partial charge is 0.293 e. The van der Waals surface area contributed by atoms with E-state index < -0.39 is 0 Å². The summed E-state index contributed by atoms with van der Waals surface area (Å²) in [6.07, 6.45) is 2.22. The molecule has 2 heterocycles. The van der Waals surface area contributed by atoms with Crippen molar-refractivity contribution in [3.05, 3.63) is 0 Å². The molecule has 3 atom stereocenters. The second-order valence-corrected chi connectivity index (χ2v) is 3.27. The van der Waals surface area contributed by atoms with E-state index in [9.17, 15) is 4.79 Å². The van der Waals surface area contributed by atoms with E-state index in [1.165, 1.54) is 7.41 Å². The summed E-state index contributed by atoms with van der Waals surface area (Å²) >= 11 is 0. The molecule has 2 rings (SSSR count). The Bertz CT molecular complexity index is 189. The van der Waals surface area contributed by atoms with Crippen LogP contribution in [0.25, 0.3) is 0 Å². The molecule has 1 N–H and O–H groups in total. The van der Waals surface area contributed by atoms with Gasteiger partial charge in [0.2, 0.25) is 0 Å². The van der Waals surface area contributed by atoms with Gasteiger partial charge in [0.25, 0.3) is 7.41 Å². The Hall–Kier alpha value is -0.385. The third-order valence-electron chi connectivity index (χ3n) is 2.51. The van der Waals surface area contributed by atoms with Gasteiger partial charge in [-0.15, -0.1) is 0 Å². The highest BCUT2D eigenvalue weighted by Gasteiger charge is 2.46. The highest BCUT2D eigenvalue weighted by molar-refractivity contribution is 6.64. The molecule has 0 amide bonds. The molecule has 0 aromatic heterocycles. The Morgan fingerprint density at radius 3 is 3.17 bits per heavy atom. The van der Waals surface area contributed by atoms with Crippen molar-refractivity contribution in [3.63, 3.8) is 0 Å². The monoisotopic (exact) mass is 168 g/mol. The first kappa shape index (κ1) is 8.22. The van der Waals surface area contributed by atoms with Crippen molar-refractivity contribution in [2.75, 3.05) is 13.2 Å². The summed E-state index contributed by atoms with van der Waals surface area (Å²) in [6, 6.07) is 0.0685. The maximum absolute atomic E-state index is 10.2. The molecular formula is C7H11BNO3. The van der Waals surface area contributed by atoms with Crippen molar-refractivity contribution < 1.29 is 14.6 Å². The fraction of sp³-hybridized carbons (Fsp3) is 0.857. The van der Waals surface area contributed by atoms with Crippen molar-refractivity contribution in [2.45, 2.75) is 24.7 Å². The summed E-state index contributed by atoms with van der Waals surface area (Å²) in [6.45, 7) is 0.839. The zero-order chi connectivity index (χ0) is 8.55. The van der Waals surface area contributed by atoms with Crippen LogP contribution < -0.4 is 0 Å². The number of rotatable bonds is 3. The molecule has 12 heavy (non-hydrogen) atoms. The van der Waals surface area contributed by atoms with Crippen LogP contribution in [-0.4, -0.2) is 54.9 Å². The molecule has 2 fully saturated rings. The van der Waals surface area contributed by atoms with Crippen LogP contribution in [0.2, 0.25) is 0 Å². The van der Waals surface area contributed by atoms with Gasteiger partial charge >= 0.3 is 0 Å². The van der Waals surface area contributed by atoms with Crippen LogP contribution in [-0.2, 0) is 9.53 Å². The van der Waals surface area contributed by atoms with E-state index in [0.29, 0.717) is 12.2 Å². The average Bonchev–Trinajstić information content (AvgIpc) is 2.81. The number of hydrogen-bond donors (Lipinski definition) is 1. The molecule has 0 aliphatic carbocycles. The van der Waals surface area contributed by atoms with E-state index in [0.717, 1.165) is 19.2 Å². The maximum atomic E-state index is 10.2. The number of epoxide rings is 1. The number of ether oxygens (including phenoxy) is 1. The predicted octanol–water partition coefficient (Wildman–Crippen LogP) is -1.37. The lowest BCUT2D eigenvalue weighted by Gasteiger charge is -2.30. The number of hydrogen-bond acceptors (Lipinski definition) is 4. The molecule has 5 heteroatoms. The van der Waals surface area contributed by atoms with Crippen LogP contribution in [0.15, 0.2) is 0 Å². The molecule has 0 aromatic carbocycles. The maximum Gasteiger partial charge on any atom is 0.293 e. The molecule has 2 saturated heterocycles. The van der Waals surface area contributed by atoms with Gasteiger partial charge in [-0.3, -0.25) is 0 Å². The molecule has 0 bridgehead atoms. The van der Waals surface area contributed by atoms with Gasteiger partial charge < -0.3 is 19.4 Å². The average molecular weight is 168 g/mol. The van der Waals surface area contributed by atoms with Crippen LogP contribution in [0.3, 0.4) is 0 Å². The molecule has 0 saturated carbocycles. The summed E-state index contributed by atoms with van der Waals surface area (Å²) in [5.41, 5.74) is 0. The molecule has 0 unspecified atom stereocenters. The van der Waals surface area contributed by atoms with E-state index in [1.807, 2.05) is 4.81 Å². The van der Waals surface area contributed by atoms with Crippen molar-refractivity contribution in [1.29, 1.82) is 0 Å². The van der Waals surface area contributed by atoms with Crippen LogP contribution in [0, 0.1) is 0 Å². The van der Waals surface area contributed by atoms with Crippen LogP contribution >= 0.6 is 0 Å². The number of carbonyl (C=O) groups excluding carboxylic acids is 1. The van der Waals surface area contributed by atoms with Crippen LogP contribution in [0.4, 0.5) is 0 Å². The predicted molar refractivity (Wildman–Crippen MR) is 43.4 cm³/mol. The Balaban J connectivity index is 1.93. The zero-order valence-corrected chi connectivity index (χ0v) is 6.72. The first-order valence-electron chi connectivity index (χ1n) is 4.16. The molecule has 4 nitrogen and oxygen atoms in total. The third kappa shape index (κ3) is 1.40. The first-order valence-corrected chi connectivity index (χ1v) is 4.16. The van der Waals surface area contributed by atoms with Gasteiger partial charge in [-0.25, -0.2) is 0 Å². The minimum absolute atomic E-state index is 0.0685. The van der Waals surface area contributed by atoms with Crippen molar-refractivity contribution in [1.82, 2.24) is 4.81 Å². The molecular weight excluding hydrogens is 157 g/mol. The Morgan fingerprint density at radius 1 is 1.67 bits per heavy atom. The Kier molecular flexibility index (Phi) is 2.17. The fourth-order valence-corrected chi connectivity index (χ4v) is 1.75. The largest absolute Gasteiger partial charge is 0.395 e. The first-order chi connectivity index (χ1) is 5.85. The zero-order valence-electron chi connectivity index (χ0n) is 6.72. The number of aliphatic hydroxyl groups excluding tert-OH is 1. The lowest BCUT2D eigenvalue weighted by atomic mass is 9.87. The minimum Gasteiger partial charge on any atom is -0.395 e. The van der Waals surface area contributed by atoms with E-state index in [4.69, 9.17) is 9.84 Å². The van der Waals surface area contributed by atoms with Gasteiger partial charge in [-0.1, -0.05) is 0 Å². The molecule has 2 aliphatic rings. The molecule has 0 aromatic rings. The summed E-state index contributed by atoms with van der Waals surface area (Å²) in [7, 11) is 1.48. The summed E-state index contributed by atoms with van der Waals surface area (Å²) in [5.74, 6) is 0. The summed E-state index contributed by atoms with van der Waals surface area (Å²) < 4.78 is 5.30. The number of fused-ring (bicyclic) bond motifs is 1. The van der Waals surface area contributed by atoms with E-state index in [1.54, 1.807) is 0 Å². The highest BCUT2D eigenvalue weighted by Crippen LogP contribution is 2.33. The van der Waals surface area contributed by atoms with Gasteiger partial charge in [0.1, 0.15) is 0 Å². The Morgan fingerprint density at radius 2 is 2.50 bits per heavy atom. The SMILES string of the molecule is O=C[B]N1C[C@H]2O[C@H]2C[C@H]1CO. The fourth-order valence-electron chi connectivity index (χ4n) is 1.75. The van der Waals surface area contributed by atoms with E-state index in [2.05, 4.69) is 0 Å². The van der Waals surface area contributed by atoms with E-state index in [-0.39, 0.29) is 12.6 Å². The highest BCUT2D eigenvalue weighted by atomic mass is 16.6. The van der Waals surface area contributed by atoms with Gasteiger partial charge in [0.15, 0.2) is 0 Å². The van der Waals surface area contributed by atoms with Crippen molar-refractivity contribution >= 4 is 13.6 Å². The lowest BCUT2D eigenvalue weighted by molar-refractivity contribution is 0.168. The second-order valence-electron chi connectivity index (χ2n) is 3.27. The molecule has 65 valence electrons. The van der Waals surface area contributed by atoms with Gasteiger partial charge in [-0.2, -0.15) is 0 Å². The van der Waals surface area contributed by atoms with Crippen molar-refractivity contribution in [3.8, 4) is 0 Å².